The van der Waals surface area contributed by atoms with Crippen molar-refractivity contribution in [3.63, 3.8) is 0 Å². The fourth-order valence-corrected chi connectivity index (χ4v) is 6.22. The monoisotopic (exact) mass is 536 g/mol. The van der Waals surface area contributed by atoms with Gasteiger partial charge in [0, 0.05) is 36.5 Å². The maximum absolute atomic E-state index is 14.2. The van der Waals surface area contributed by atoms with Crippen LogP contribution in [0.25, 0.3) is 28.5 Å². The predicted molar refractivity (Wildman–Crippen MR) is 147 cm³/mol. The minimum Gasteiger partial charge on any atom is -0.504 e. The highest BCUT2D eigenvalue weighted by Crippen LogP contribution is 2.54. The Balaban J connectivity index is 1.85. The van der Waals surface area contributed by atoms with Gasteiger partial charge in [-0.05, 0) is 68.3 Å². The highest BCUT2D eigenvalue weighted by Gasteiger charge is 2.34. The van der Waals surface area contributed by atoms with Gasteiger partial charge in [-0.1, -0.05) is 18.2 Å². The van der Waals surface area contributed by atoms with Gasteiger partial charge in [0.05, 0.1) is 23.1 Å². The third-order valence-electron chi connectivity index (χ3n) is 6.69. The van der Waals surface area contributed by atoms with Crippen molar-refractivity contribution in [2.75, 3.05) is 26.5 Å². The van der Waals surface area contributed by atoms with Gasteiger partial charge in [-0.3, -0.25) is 0 Å². The second-order valence-electron chi connectivity index (χ2n) is 10.2. The summed E-state index contributed by atoms with van der Waals surface area (Å²) in [5.41, 5.74) is 4.78. The van der Waals surface area contributed by atoms with Gasteiger partial charge in [0.1, 0.15) is 17.3 Å². The Morgan fingerprint density at radius 3 is 2.50 bits per heavy atom. The Hall–Kier alpha value is -3.82. The van der Waals surface area contributed by atoms with Crippen molar-refractivity contribution in [1.82, 2.24) is 4.31 Å². The highest BCUT2D eigenvalue weighted by atomic mass is 32.2. The first-order valence-electron chi connectivity index (χ1n) is 12.0. The first-order valence-corrected chi connectivity index (χ1v) is 13.5. The lowest BCUT2D eigenvalue weighted by Crippen LogP contribution is -2.32. The first kappa shape index (κ1) is 25.8. The van der Waals surface area contributed by atoms with Crippen LogP contribution in [0.15, 0.2) is 53.4 Å². The van der Waals surface area contributed by atoms with Crippen LogP contribution in [0.1, 0.15) is 37.5 Å². The number of halogens is 1. The van der Waals surface area contributed by atoms with Crippen molar-refractivity contribution < 1.29 is 27.4 Å². The lowest BCUT2D eigenvalue weighted by atomic mass is 9.83. The van der Waals surface area contributed by atoms with E-state index in [0.717, 1.165) is 32.8 Å². The smallest absolute Gasteiger partial charge is 0.243 e. The van der Waals surface area contributed by atoms with E-state index in [1.54, 1.807) is 12.1 Å². The molecule has 38 heavy (non-hydrogen) atoms. The third-order valence-corrected chi connectivity index (χ3v) is 8.56. The van der Waals surface area contributed by atoms with Crippen molar-refractivity contribution in [3.05, 3.63) is 71.0 Å². The van der Waals surface area contributed by atoms with E-state index in [2.05, 4.69) is 25.2 Å². The van der Waals surface area contributed by atoms with Crippen LogP contribution < -0.4 is 14.8 Å². The number of aromatic hydroxyl groups is 1. The highest BCUT2D eigenvalue weighted by molar-refractivity contribution is 7.89. The number of phenols is 1. The van der Waals surface area contributed by atoms with Gasteiger partial charge in [-0.2, -0.15) is 0 Å². The number of phenolic OH excluding ortho intramolecular Hbond substituents is 1. The van der Waals surface area contributed by atoms with E-state index >= 15 is 0 Å². The minimum absolute atomic E-state index is 0.0321. The number of hydrogen-bond donors (Lipinski definition) is 2. The first-order chi connectivity index (χ1) is 17.8. The number of benzene rings is 3. The molecule has 9 heteroatoms. The van der Waals surface area contributed by atoms with Crippen molar-refractivity contribution in [3.8, 4) is 28.4 Å². The summed E-state index contributed by atoms with van der Waals surface area (Å²) in [5, 5.41) is 14.1. The Morgan fingerprint density at radius 1 is 1.08 bits per heavy atom. The lowest BCUT2D eigenvalue weighted by molar-refractivity contribution is 0.371. The number of anilines is 1. The Morgan fingerprint density at radius 2 is 1.82 bits per heavy atom. The maximum atomic E-state index is 14.2. The van der Waals surface area contributed by atoms with Gasteiger partial charge in [-0.25, -0.2) is 17.1 Å². The van der Waals surface area contributed by atoms with Crippen molar-refractivity contribution in [1.29, 1.82) is 0 Å². The molecule has 198 valence electrons. The summed E-state index contributed by atoms with van der Waals surface area (Å²) in [7, 11) is 0.314. The molecular weight excluding hydrogens is 507 g/mol. The lowest BCUT2D eigenvalue weighted by Gasteiger charge is -2.35. The molecule has 0 aliphatic carbocycles. The molecular formula is C29H29FN2O5S. The number of fused-ring (bicyclic) bond motifs is 5. The number of sulfonamides is 1. The molecule has 0 atom stereocenters. The number of nitrogens with one attached hydrogen (secondary N) is 1. The van der Waals surface area contributed by atoms with Gasteiger partial charge in [0.25, 0.3) is 0 Å². The molecule has 2 aliphatic heterocycles. The maximum Gasteiger partial charge on any atom is 0.243 e. The van der Waals surface area contributed by atoms with E-state index in [1.165, 1.54) is 39.4 Å². The van der Waals surface area contributed by atoms with Gasteiger partial charge < -0.3 is 19.9 Å². The van der Waals surface area contributed by atoms with Gasteiger partial charge >= 0.3 is 0 Å². The van der Waals surface area contributed by atoms with Crippen LogP contribution in [0, 0.1) is 5.82 Å². The van der Waals surface area contributed by atoms with Crippen LogP contribution in [0.2, 0.25) is 0 Å². The zero-order valence-corrected chi connectivity index (χ0v) is 22.8. The second-order valence-corrected chi connectivity index (χ2v) is 12.3. The molecule has 0 aromatic heterocycles. The number of hydrogen-bond acceptors (Lipinski definition) is 6. The molecule has 2 N–H and O–H groups in total. The zero-order valence-electron chi connectivity index (χ0n) is 22.0. The second kappa shape index (κ2) is 8.89. The molecule has 5 rings (SSSR count). The molecule has 3 aromatic carbocycles. The van der Waals surface area contributed by atoms with Crippen molar-refractivity contribution >= 4 is 33.1 Å². The molecule has 0 amide bonds. The van der Waals surface area contributed by atoms with E-state index in [-0.39, 0.29) is 27.5 Å². The summed E-state index contributed by atoms with van der Waals surface area (Å²) in [4.78, 5) is -0.175. The fraction of sp³-hybridized carbons (Fsp3) is 0.241. The normalized spacial score (nSPS) is 16.6. The van der Waals surface area contributed by atoms with Crippen molar-refractivity contribution in [2.45, 2.75) is 31.2 Å². The number of nitrogens with zero attached hydrogens (tertiary/aromatic N) is 1. The molecule has 2 aliphatic rings. The molecule has 0 fully saturated rings. The average molecular weight is 537 g/mol. The molecule has 0 saturated carbocycles. The van der Waals surface area contributed by atoms with E-state index in [1.807, 2.05) is 19.1 Å². The van der Waals surface area contributed by atoms with Crippen LogP contribution >= 0.6 is 0 Å². The summed E-state index contributed by atoms with van der Waals surface area (Å²) in [6.45, 7) is 6.15. The molecule has 0 saturated heterocycles. The summed E-state index contributed by atoms with van der Waals surface area (Å²) >= 11 is 0. The number of methoxy groups -OCH3 is 1. The summed E-state index contributed by atoms with van der Waals surface area (Å²) < 4.78 is 53.4. The van der Waals surface area contributed by atoms with E-state index in [4.69, 9.17) is 9.47 Å². The van der Waals surface area contributed by atoms with Crippen LogP contribution in [0.4, 0.5) is 10.1 Å². The molecule has 2 heterocycles. The molecule has 0 spiro atoms. The number of allylic oxidation sites excluding steroid dienone is 1. The Bertz CT molecular complexity index is 1660. The zero-order chi connectivity index (χ0) is 27.6. The van der Waals surface area contributed by atoms with E-state index in [0.29, 0.717) is 22.6 Å². The number of rotatable bonds is 4. The standard InChI is InChI=1S/C29H29FN2O5S/c1-16-15-29(2,3)31-20-10-9-19-26(25(16)20)23(37-22-12-11-21(33)28(36-6)27(19)22)13-17-7-8-18(30)14-24(17)38(34,35)32(4)5/h7-15,31,33H,1-6H3/b23-13-. The predicted octanol–water partition coefficient (Wildman–Crippen LogP) is 5.96. The topological polar surface area (TPSA) is 88.1 Å². The van der Waals surface area contributed by atoms with Crippen molar-refractivity contribution in [2.24, 2.45) is 0 Å². The third kappa shape index (κ3) is 4.12. The van der Waals surface area contributed by atoms with E-state index in [9.17, 15) is 17.9 Å². The molecule has 0 unspecified atom stereocenters. The SMILES string of the molecule is COc1c(O)ccc2c1-c1ccc3c(c1/C(=C/c1ccc(F)cc1S(=O)(=O)N(C)C)O2)C(C)=CC(C)(C)N3. The van der Waals surface area contributed by atoms with Gasteiger partial charge in [0.15, 0.2) is 11.5 Å². The quantitative estimate of drug-likeness (QED) is 0.428. The molecule has 7 nitrogen and oxygen atoms in total. The Kier molecular flexibility index (Phi) is 6.04. The summed E-state index contributed by atoms with van der Waals surface area (Å²) in [5.74, 6) is 0.392. The van der Waals surface area contributed by atoms with Crippen LogP contribution in [-0.4, -0.2) is 44.6 Å². The average Bonchev–Trinajstić information content (AvgIpc) is 2.83. The molecule has 0 radical (unpaired) electrons. The molecule has 3 aromatic rings. The fourth-order valence-electron chi connectivity index (χ4n) is 5.14. The molecule has 0 bridgehead atoms. The summed E-state index contributed by atoms with van der Waals surface area (Å²) in [6.07, 6.45) is 3.73. The summed E-state index contributed by atoms with van der Waals surface area (Å²) in [6, 6.07) is 10.7. The van der Waals surface area contributed by atoms with Gasteiger partial charge in [0.2, 0.25) is 10.0 Å². The van der Waals surface area contributed by atoms with Gasteiger partial charge in [-0.15, -0.1) is 0 Å². The van der Waals surface area contributed by atoms with Crippen LogP contribution in [0.5, 0.6) is 17.2 Å². The minimum atomic E-state index is -3.96. The van der Waals surface area contributed by atoms with Crippen LogP contribution in [0.3, 0.4) is 0 Å². The van der Waals surface area contributed by atoms with Crippen LogP contribution in [-0.2, 0) is 10.0 Å². The largest absolute Gasteiger partial charge is 0.504 e. The number of ether oxygens (including phenoxy) is 2. The Labute approximate surface area is 221 Å². The van der Waals surface area contributed by atoms with E-state index < -0.39 is 15.8 Å².